The number of nitrogens with one attached hydrogen (secondary N) is 1. The van der Waals surface area contributed by atoms with Crippen LogP contribution in [-0.4, -0.2) is 16.3 Å². The number of hydrogen-bond acceptors (Lipinski definition) is 2. The first-order valence-electron chi connectivity index (χ1n) is 5.81. The van der Waals surface area contributed by atoms with E-state index in [0.29, 0.717) is 13.0 Å². The minimum atomic E-state index is -0.0569. The summed E-state index contributed by atoms with van der Waals surface area (Å²) in [5.74, 6) is 0. The molecule has 1 aromatic carbocycles. The summed E-state index contributed by atoms with van der Waals surface area (Å²) in [5.41, 5.74) is 9.23. The second kappa shape index (κ2) is 5.12. The Kier molecular flexibility index (Phi) is 3.73. The Hall–Kier alpha value is -1.33. The topological polar surface area (TPSA) is 63.8 Å². The number of hydrogen-bond donors (Lipinski definition) is 2. The van der Waals surface area contributed by atoms with Gasteiger partial charge in [0, 0.05) is 15.7 Å². The van der Waals surface area contributed by atoms with Crippen molar-refractivity contribution in [3.8, 4) is 5.69 Å². The van der Waals surface area contributed by atoms with E-state index in [-0.39, 0.29) is 5.56 Å². The van der Waals surface area contributed by atoms with Gasteiger partial charge >= 0.3 is 0 Å². The lowest BCUT2D eigenvalue weighted by molar-refractivity contribution is 0.831. The molecule has 0 aliphatic carbocycles. The van der Waals surface area contributed by atoms with Gasteiger partial charge in [-0.25, -0.2) is 0 Å². The minimum Gasteiger partial charge on any atom is -0.330 e. The Bertz CT molecular complexity index is 628. The summed E-state index contributed by atoms with van der Waals surface area (Å²) in [5, 5.41) is 2.85. The van der Waals surface area contributed by atoms with E-state index in [0.717, 1.165) is 27.0 Å². The third-order valence-corrected chi connectivity index (χ3v) is 3.94. The smallest absolute Gasteiger partial charge is 0.267 e. The van der Waals surface area contributed by atoms with Gasteiger partial charge < -0.3 is 5.73 Å². The number of benzene rings is 1. The van der Waals surface area contributed by atoms with Crippen LogP contribution in [0.3, 0.4) is 0 Å². The van der Waals surface area contributed by atoms with Crippen molar-refractivity contribution in [2.75, 3.05) is 6.54 Å². The molecule has 0 fully saturated rings. The van der Waals surface area contributed by atoms with Crippen LogP contribution in [0.2, 0.25) is 0 Å². The monoisotopic (exact) mass is 309 g/mol. The van der Waals surface area contributed by atoms with Crippen molar-refractivity contribution in [3.05, 3.63) is 49.8 Å². The first-order valence-corrected chi connectivity index (χ1v) is 6.61. The zero-order valence-corrected chi connectivity index (χ0v) is 12.0. The summed E-state index contributed by atoms with van der Waals surface area (Å²) >= 11 is 3.47. The maximum absolute atomic E-state index is 11.8. The number of nitrogens with zero attached hydrogens (tertiary/aromatic N) is 1. The molecule has 96 valence electrons. The van der Waals surface area contributed by atoms with E-state index in [4.69, 9.17) is 5.73 Å². The highest BCUT2D eigenvalue weighted by Gasteiger charge is 2.11. The molecule has 0 unspecified atom stereocenters. The van der Waals surface area contributed by atoms with Crippen LogP contribution < -0.4 is 11.3 Å². The molecule has 3 N–H and O–H groups in total. The molecule has 0 atom stereocenters. The van der Waals surface area contributed by atoms with Crippen LogP contribution in [0, 0.1) is 13.8 Å². The molecule has 0 saturated carbocycles. The molecule has 2 aromatic rings. The van der Waals surface area contributed by atoms with Crippen LogP contribution in [0.1, 0.15) is 16.8 Å². The largest absolute Gasteiger partial charge is 0.330 e. The number of aromatic nitrogens is 2. The Labute approximate surface area is 114 Å². The summed E-state index contributed by atoms with van der Waals surface area (Å²) in [6.07, 6.45) is 0.601. The Morgan fingerprint density at radius 3 is 2.72 bits per heavy atom. The van der Waals surface area contributed by atoms with E-state index in [9.17, 15) is 4.79 Å². The van der Waals surface area contributed by atoms with Crippen molar-refractivity contribution < 1.29 is 0 Å². The Morgan fingerprint density at radius 2 is 2.11 bits per heavy atom. The molecule has 0 bridgehead atoms. The number of rotatable bonds is 3. The molecule has 0 amide bonds. The highest BCUT2D eigenvalue weighted by Crippen LogP contribution is 2.20. The van der Waals surface area contributed by atoms with E-state index >= 15 is 0 Å². The predicted octanol–water partition coefficient (Wildman–Crippen LogP) is 2.05. The van der Waals surface area contributed by atoms with Crippen molar-refractivity contribution in [2.45, 2.75) is 20.3 Å². The summed E-state index contributed by atoms with van der Waals surface area (Å²) in [6, 6.07) is 5.97. The number of H-pyrrole nitrogens is 1. The zero-order chi connectivity index (χ0) is 13.3. The van der Waals surface area contributed by atoms with Crippen molar-refractivity contribution in [1.29, 1.82) is 0 Å². The van der Waals surface area contributed by atoms with E-state index in [1.54, 1.807) is 0 Å². The Morgan fingerprint density at radius 1 is 1.39 bits per heavy atom. The van der Waals surface area contributed by atoms with Gasteiger partial charge in [0.05, 0.1) is 5.69 Å². The number of halogens is 1. The molecule has 0 radical (unpaired) electrons. The standard InChI is InChI=1S/C13H16BrN3O/c1-8-7-10(3-4-12(8)14)17-9(2)11(5-6-15)13(18)16-17/h3-4,7H,5-6,15H2,1-2H3,(H,16,18). The fraction of sp³-hybridized carbons (Fsp3) is 0.308. The zero-order valence-electron chi connectivity index (χ0n) is 10.5. The van der Waals surface area contributed by atoms with Gasteiger partial charge in [0.2, 0.25) is 0 Å². The van der Waals surface area contributed by atoms with Gasteiger partial charge in [-0.05, 0) is 50.6 Å². The van der Waals surface area contributed by atoms with E-state index in [1.165, 1.54) is 0 Å². The fourth-order valence-electron chi connectivity index (χ4n) is 2.02. The van der Waals surface area contributed by atoms with E-state index in [2.05, 4.69) is 21.0 Å². The highest BCUT2D eigenvalue weighted by atomic mass is 79.9. The van der Waals surface area contributed by atoms with Crippen molar-refractivity contribution in [2.24, 2.45) is 5.73 Å². The second-order valence-corrected chi connectivity index (χ2v) is 5.17. The first-order chi connectivity index (χ1) is 8.54. The van der Waals surface area contributed by atoms with Gasteiger partial charge in [-0.15, -0.1) is 0 Å². The van der Waals surface area contributed by atoms with E-state index < -0.39 is 0 Å². The van der Waals surface area contributed by atoms with Crippen molar-refractivity contribution >= 4 is 15.9 Å². The molecule has 4 nitrogen and oxygen atoms in total. The van der Waals surface area contributed by atoms with Gasteiger partial charge in [-0.3, -0.25) is 14.6 Å². The average Bonchev–Trinajstić information content (AvgIpc) is 2.61. The predicted molar refractivity (Wildman–Crippen MR) is 76.3 cm³/mol. The Balaban J connectivity index is 2.54. The first kappa shape index (κ1) is 13.1. The highest BCUT2D eigenvalue weighted by molar-refractivity contribution is 9.10. The maximum Gasteiger partial charge on any atom is 0.267 e. The summed E-state index contributed by atoms with van der Waals surface area (Å²) in [6.45, 7) is 4.43. The number of aryl methyl sites for hydroxylation is 1. The molecule has 5 heteroatoms. The van der Waals surface area contributed by atoms with Crippen LogP contribution >= 0.6 is 15.9 Å². The molecule has 0 aliphatic rings. The average molecular weight is 310 g/mol. The van der Waals surface area contributed by atoms with Crippen LogP contribution in [0.25, 0.3) is 5.69 Å². The van der Waals surface area contributed by atoms with Gasteiger partial charge in [0.1, 0.15) is 0 Å². The quantitative estimate of drug-likeness (QED) is 0.911. The summed E-state index contributed by atoms with van der Waals surface area (Å²) in [4.78, 5) is 11.8. The molecule has 0 aliphatic heterocycles. The van der Waals surface area contributed by atoms with Crippen LogP contribution in [0.15, 0.2) is 27.5 Å². The molecule has 1 heterocycles. The normalized spacial score (nSPS) is 10.9. The summed E-state index contributed by atoms with van der Waals surface area (Å²) in [7, 11) is 0. The fourth-order valence-corrected chi connectivity index (χ4v) is 2.26. The lowest BCUT2D eigenvalue weighted by atomic mass is 10.2. The van der Waals surface area contributed by atoms with Crippen molar-refractivity contribution in [3.63, 3.8) is 0 Å². The molecular formula is C13H16BrN3O. The maximum atomic E-state index is 11.8. The molecule has 0 spiro atoms. The molecule has 2 rings (SSSR count). The lowest BCUT2D eigenvalue weighted by Crippen LogP contribution is -2.12. The second-order valence-electron chi connectivity index (χ2n) is 4.31. The third kappa shape index (κ3) is 2.28. The molecule has 1 aromatic heterocycles. The van der Waals surface area contributed by atoms with E-state index in [1.807, 2.05) is 36.7 Å². The molecule has 0 saturated heterocycles. The summed E-state index contributed by atoms with van der Waals surface area (Å²) < 4.78 is 2.87. The van der Waals surface area contributed by atoms with Gasteiger partial charge in [0.15, 0.2) is 0 Å². The third-order valence-electron chi connectivity index (χ3n) is 3.05. The SMILES string of the molecule is Cc1cc(-n2[nH]c(=O)c(CCN)c2C)ccc1Br. The van der Waals surface area contributed by atoms with Gasteiger partial charge in [0.25, 0.3) is 5.56 Å². The number of aromatic amines is 1. The number of nitrogens with two attached hydrogens (primary N) is 1. The van der Waals surface area contributed by atoms with Crippen molar-refractivity contribution in [1.82, 2.24) is 9.78 Å². The van der Waals surface area contributed by atoms with Gasteiger partial charge in [-0.2, -0.15) is 0 Å². The minimum absolute atomic E-state index is 0.0569. The lowest BCUT2D eigenvalue weighted by Gasteiger charge is -2.08. The van der Waals surface area contributed by atoms with Crippen LogP contribution in [0.5, 0.6) is 0 Å². The van der Waals surface area contributed by atoms with Crippen LogP contribution in [-0.2, 0) is 6.42 Å². The van der Waals surface area contributed by atoms with Crippen LogP contribution in [0.4, 0.5) is 0 Å². The molecule has 18 heavy (non-hydrogen) atoms. The van der Waals surface area contributed by atoms with Gasteiger partial charge in [-0.1, -0.05) is 15.9 Å². The molecular weight excluding hydrogens is 294 g/mol.